The molecule has 0 bridgehead atoms. The van der Waals surface area contributed by atoms with Crippen LogP contribution in [0.4, 0.5) is 0 Å². The first-order chi connectivity index (χ1) is 5.08. The van der Waals surface area contributed by atoms with Crippen molar-refractivity contribution in [1.29, 1.82) is 0 Å². The summed E-state index contributed by atoms with van der Waals surface area (Å²) in [4.78, 5) is 0. The van der Waals surface area contributed by atoms with E-state index in [-0.39, 0.29) is 0 Å². The molecule has 66 valence electrons. The summed E-state index contributed by atoms with van der Waals surface area (Å²) in [5.41, 5.74) is 0. The Kier molecular flexibility index (Phi) is 2.86. The maximum absolute atomic E-state index is 10.1. The van der Waals surface area contributed by atoms with Crippen LogP contribution in [-0.4, -0.2) is 19.5 Å². The third-order valence-electron chi connectivity index (χ3n) is 2.02. The average Bonchev–Trinajstić information content (AvgIpc) is 2.32. The lowest BCUT2D eigenvalue weighted by Crippen LogP contribution is -2.27. The highest BCUT2D eigenvalue weighted by molar-refractivity contribution is 7.83. The predicted molar refractivity (Wildman–Crippen MR) is 39.7 cm³/mol. The van der Waals surface area contributed by atoms with Crippen molar-refractivity contribution in [3.63, 3.8) is 0 Å². The minimum atomic E-state index is -4.21. The Morgan fingerprint density at radius 2 is 1.91 bits per heavy atom. The third kappa shape index (κ3) is 3.69. The first-order valence-corrected chi connectivity index (χ1v) is 5.19. The molecule has 0 heterocycles. The Morgan fingerprint density at radius 3 is 2.36 bits per heavy atom. The minimum Gasteiger partial charge on any atom is -0.735 e. The van der Waals surface area contributed by atoms with E-state index in [2.05, 4.69) is 0 Å². The molecule has 1 aliphatic rings. The molecular formula is C6H12NO3S-. The molecule has 4 nitrogen and oxygen atoms in total. The molecule has 0 radical (unpaired) electrons. The lowest BCUT2D eigenvalue weighted by molar-refractivity contribution is 0.434. The highest BCUT2D eigenvalue weighted by atomic mass is 32.2. The van der Waals surface area contributed by atoms with Gasteiger partial charge in [0.05, 0.1) is 0 Å². The van der Waals surface area contributed by atoms with E-state index in [1.165, 1.54) is 0 Å². The highest BCUT2D eigenvalue weighted by Gasteiger charge is 2.14. The van der Waals surface area contributed by atoms with Crippen LogP contribution in [0, 0.1) is 5.92 Å². The number of hydrogen-bond acceptors (Lipinski definition) is 3. The van der Waals surface area contributed by atoms with Crippen LogP contribution in [0.5, 0.6) is 0 Å². The smallest absolute Gasteiger partial charge is 0.159 e. The first kappa shape index (κ1) is 8.96. The molecule has 0 spiro atoms. The molecule has 1 rings (SSSR count). The molecule has 0 aromatic rings. The van der Waals surface area contributed by atoms with Crippen LogP contribution >= 0.6 is 0 Å². The number of hydrogen-bond donors (Lipinski definition) is 1. The summed E-state index contributed by atoms with van der Waals surface area (Å²) in [6.45, 7) is 0.325. The van der Waals surface area contributed by atoms with Gasteiger partial charge in [0, 0.05) is 6.54 Å². The maximum Gasteiger partial charge on any atom is 0.159 e. The number of rotatable bonds is 3. The molecule has 0 amide bonds. The van der Waals surface area contributed by atoms with E-state index >= 15 is 0 Å². The van der Waals surface area contributed by atoms with Crippen molar-refractivity contribution < 1.29 is 13.0 Å². The fourth-order valence-electron chi connectivity index (χ4n) is 1.43. The summed E-state index contributed by atoms with van der Waals surface area (Å²) in [6.07, 6.45) is 4.40. The van der Waals surface area contributed by atoms with Crippen molar-refractivity contribution in [2.45, 2.75) is 25.7 Å². The molecular weight excluding hydrogens is 166 g/mol. The van der Waals surface area contributed by atoms with Gasteiger partial charge in [-0.3, -0.25) is 0 Å². The Bertz CT molecular complexity index is 206. The van der Waals surface area contributed by atoms with Crippen LogP contribution in [0.2, 0.25) is 0 Å². The Morgan fingerprint density at radius 1 is 1.36 bits per heavy atom. The van der Waals surface area contributed by atoms with E-state index in [0.29, 0.717) is 12.5 Å². The second-order valence-electron chi connectivity index (χ2n) is 2.95. The quantitative estimate of drug-likeness (QED) is 0.629. The lowest BCUT2D eigenvalue weighted by Gasteiger charge is -2.12. The molecule has 1 fully saturated rings. The van der Waals surface area contributed by atoms with Crippen molar-refractivity contribution in [3.05, 3.63) is 0 Å². The van der Waals surface area contributed by atoms with Crippen LogP contribution in [0.1, 0.15) is 25.7 Å². The summed E-state index contributed by atoms with van der Waals surface area (Å²) in [7, 11) is -4.21. The molecule has 1 aliphatic carbocycles. The van der Waals surface area contributed by atoms with Crippen molar-refractivity contribution in [2.24, 2.45) is 5.92 Å². The van der Waals surface area contributed by atoms with Gasteiger partial charge >= 0.3 is 0 Å². The largest absolute Gasteiger partial charge is 0.735 e. The lowest BCUT2D eigenvalue weighted by atomic mass is 10.1. The SMILES string of the molecule is O=S(=O)([O-])NCC1CCCC1. The van der Waals surface area contributed by atoms with Gasteiger partial charge in [-0.2, -0.15) is 0 Å². The fraction of sp³-hybridized carbons (Fsp3) is 1.00. The van der Waals surface area contributed by atoms with E-state index in [9.17, 15) is 13.0 Å². The number of nitrogens with one attached hydrogen (secondary N) is 1. The van der Waals surface area contributed by atoms with Gasteiger partial charge in [-0.1, -0.05) is 12.8 Å². The molecule has 0 unspecified atom stereocenters. The molecule has 0 aromatic heterocycles. The second kappa shape index (κ2) is 3.51. The zero-order valence-corrected chi connectivity index (χ0v) is 7.06. The zero-order chi connectivity index (χ0) is 8.32. The highest BCUT2D eigenvalue weighted by Crippen LogP contribution is 2.23. The Hall–Kier alpha value is -0.130. The Labute approximate surface area is 66.9 Å². The minimum absolute atomic E-state index is 0.325. The summed E-state index contributed by atoms with van der Waals surface area (Å²) in [5, 5.41) is 0. The molecule has 0 saturated heterocycles. The standard InChI is InChI=1S/C6H13NO3S/c8-11(9,10)7-5-6-3-1-2-4-6/h6-7H,1-5H2,(H,8,9,10)/p-1. The normalized spacial score (nSPS) is 20.8. The van der Waals surface area contributed by atoms with Gasteiger partial charge < -0.3 is 4.55 Å². The third-order valence-corrected chi connectivity index (χ3v) is 2.54. The van der Waals surface area contributed by atoms with E-state index in [1.54, 1.807) is 0 Å². The van der Waals surface area contributed by atoms with Gasteiger partial charge in [-0.05, 0) is 18.8 Å². The van der Waals surface area contributed by atoms with Crippen molar-refractivity contribution in [1.82, 2.24) is 4.72 Å². The van der Waals surface area contributed by atoms with Gasteiger partial charge in [0.15, 0.2) is 10.3 Å². The van der Waals surface area contributed by atoms with Gasteiger partial charge in [0.1, 0.15) is 0 Å². The average molecular weight is 178 g/mol. The molecule has 0 aliphatic heterocycles. The van der Waals surface area contributed by atoms with Gasteiger partial charge in [0.25, 0.3) is 0 Å². The summed E-state index contributed by atoms with van der Waals surface area (Å²) in [6, 6.07) is 0. The van der Waals surface area contributed by atoms with Crippen molar-refractivity contribution >= 4 is 10.3 Å². The Balaban J connectivity index is 2.22. The van der Waals surface area contributed by atoms with E-state index < -0.39 is 10.3 Å². The molecule has 0 atom stereocenters. The second-order valence-corrected chi connectivity index (χ2v) is 4.15. The summed E-state index contributed by atoms with van der Waals surface area (Å²) in [5.74, 6) is 0.388. The van der Waals surface area contributed by atoms with Crippen LogP contribution in [-0.2, 0) is 10.3 Å². The molecule has 1 saturated carbocycles. The first-order valence-electron chi connectivity index (χ1n) is 3.78. The van der Waals surface area contributed by atoms with Crippen LogP contribution in [0.15, 0.2) is 0 Å². The van der Waals surface area contributed by atoms with Crippen molar-refractivity contribution in [3.8, 4) is 0 Å². The zero-order valence-electron chi connectivity index (χ0n) is 6.25. The molecule has 11 heavy (non-hydrogen) atoms. The summed E-state index contributed by atoms with van der Waals surface area (Å²) >= 11 is 0. The molecule has 1 N–H and O–H groups in total. The van der Waals surface area contributed by atoms with E-state index in [0.717, 1.165) is 25.7 Å². The maximum atomic E-state index is 10.1. The van der Waals surface area contributed by atoms with Gasteiger partial charge in [0.2, 0.25) is 0 Å². The predicted octanol–water partition coefficient (Wildman–Crippen LogP) is 0.226. The monoisotopic (exact) mass is 178 g/mol. The van der Waals surface area contributed by atoms with Crippen LogP contribution < -0.4 is 4.72 Å². The summed E-state index contributed by atoms with van der Waals surface area (Å²) < 4.78 is 32.3. The molecule has 0 aromatic carbocycles. The fourth-order valence-corrected chi connectivity index (χ4v) is 1.87. The molecule has 5 heteroatoms. The van der Waals surface area contributed by atoms with Crippen molar-refractivity contribution in [2.75, 3.05) is 6.54 Å². The topological polar surface area (TPSA) is 69.2 Å². The van der Waals surface area contributed by atoms with Gasteiger partial charge in [-0.15, -0.1) is 0 Å². The van der Waals surface area contributed by atoms with E-state index in [1.807, 2.05) is 4.72 Å². The van der Waals surface area contributed by atoms with Crippen LogP contribution in [0.3, 0.4) is 0 Å². The van der Waals surface area contributed by atoms with Gasteiger partial charge in [-0.25, -0.2) is 13.1 Å². The van der Waals surface area contributed by atoms with E-state index in [4.69, 9.17) is 0 Å². The van der Waals surface area contributed by atoms with Crippen LogP contribution in [0.25, 0.3) is 0 Å².